The van der Waals surface area contributed by atoms with E-state index in [2.05, 4.69) is 10.2 Å². The van der Waals surface area contributed by atoms with Crippen molar-refractivity contribution in [2.45, 2.75) is 12.7 Å². The van der Waals surface area contributed by atoms with Gasteiger partial charge in [0, 0.05) is 5.75 Å². The molecule has 0 spiro atoms. The number of aryl methyl sites for hydroxylation is 1. The standard InChI is InChI=1S/C23H21N3O2S/c1-17-7-11-20(12-8-17)22(27)28-21-13-9-18(10-14-21)15-25-26-23(24)29-16-19-5-3-2-4-6-19/h2-15H,16H2,1H3,(H2,24,26). The Hall–Kier alpha value is -3.38. The average Bonchev–Trinajstić information content (AvgIpc) is 2.75. The molecule has 0 aliphatic heterocycles. The quantitative estimate of drug-likeness (QED) is 0.211. The van der Waals surface area contributed by atoms with Crippen LogP contribution in [0, 0.1) is 6.92 Å². The smallest absolute Gasteiger partial charge is 0.343 e. The Morgan fingerprint density at radius 2 is 1.69 bits per heavy atom. The first-order valence-corrected chi connectivity index (χ1v) is 10.0. The van der Waals surface area contributed by atoms with Gasteiger partial charge in [0.1, 0.15) is 5.75 Å². The number of amidine groups is 1. The molecule has 2 N–H and O–H groups in total. The van der Waals surface area contributed by atoms with Gasteiger partial charge in [0.05, 0.1) is 11.8 Å². The summed E-state index contributed by atoms with van der Waals surface area (Å²) in [6.45, 7) is 1.97. The molecule has 5 nitrogen and oxygen atoms in total. The molecule has 3 aromatic rings. The zero-order valence-corrected chi connectivity index (χ0v) is 16.8. The summed E-state index contributed by atoms with van der Waals surface area (Å²) in [5.41, 5.74) is 9.47. The van der Waals surface area contributed by atoms with Gasteiger partial charge in [-0.3, -0.25) is 0 Å². The number of carbonyl (C=O) groups excluding carboxylic acids is 1. The molecule has 0 heterocycles. The minimum atomic E-state index is -0.390. The van der Waals surface area contributed by atoms with Gasteiger partial charge < -0.3 is 10.5 Å². The highest BCUT2D eigenvalue weighted by atomic mass is 32.2. The molecule has 146 valence electrons. The van der Waals surface area contributed by atoms with Crippen molar-refractivity contribution < 1.29 is 9.53 Å². The van der Waals surface area contributed by atoms with Crippen LogP contribution in [0.4, 0.5) is 0 Å². The molecule has 0 unspecified atom stereocenters. The van der Waals surface area contributed by atoms with Crippen molar-refractivity contribution in [2.24, 2.45) is 15.9 Å². The molecule has 6 heteroatoms. The van der Waals surface area contributed by atoms with E-state index in [1.165, 1.54) is 17.3 Å². The van der Waals surface area contributed by atoms with Crippen LogP contribution >= 0.6 is 11.8 Å². The van der Waals surface area contributed by atoms with E-state index in [1.807, 2.05) is 49.4 Å². The maximum atomic E-state index is 12.1. The van der Waals surface area contributed by atoms with Crippen molar-refractivity contribution in [3.05, 3.63) is 101 Å². The Morgan fingerprint density at radius 1 is 1.00 bits per heavy atom. The number of hydrogen-bond acceptors (Lipinski definition) is 5. The van der Waals surface area contributed by atoms with Gasteiger partial charge in [-0.15, -0.1) is 5.10 Å². The second-order valence-electron chi connectivity index (χ2n) is 6.28. The van der Waals surface area contributed by atoms with Gasteiger partial charge in [-0.2, -0.15) is 5.10 Å². The van der Waals surface area contributed by atoms with Gasteiger partial charge in [-0.25, -0.2) is 4.79 Å². The van der Waals surface area contributed by atoms with Gasteiger partial charge >= 0.3 is 5.97 Å². The second-order valence-corrected chi connectivity index (χ2v) is 7.28. The van der Waals surface area contributed by atoms with Crippen LogP contribution in [0.1, 0.15) is 27.0 Å². The van der Waals surface area contributed by atoms with Crippen molar-refractivity contribution >= 4 is 29.1 Å². The van der Waals surface area contributed by atoms with Crippen LogP contribution in [0.25, 0.3) is 0 Å². The lowest BCUT2D eigenvalue weighted by Crippen LogP contribution is -2.08. The molecule has 0 atom stereocenters. The molecule has 3 aromatic carbocycles. The lowest BCUT2D eigenvalue weighted by molar-refractivity contribution is 0.0735. The van der Waals surface area contributed by atoms with Gasteiger partial charge in [-0.1, -0.05) is 59.8 Å². The third-order valence-corrected chi connectivity index (χ3v) is 4.83. The molecule has 0 aliphatic carbocycles. The summed E-state index contributed by atoms with van der Waals surface area (Å²) in [6, 6.07) is 24.3. The van der Waals surface area contributed by atoms with E-state index in [9.17, 15) is 4.79 Å². The summed E-state index contributed by atoms with van der Waals surface area (Å²) in [7, 11) is 0. The van der Waals surface area contributed by atoms with Crippen molar-refractivity contribution in [3.8, 4) is 5.75 Å². The highest BCUT2D eigenvalue weighted by Crippen LogP contribution is 2.15. The molecule has 0 bridgehead atoms. The second kappa shape index (κ2) is 10.2. The number of thioether (sulfide) groups is 1. The first kappa shape index (κ1) is 20.4. The summed E-state index contributed by atoms with van der Waals surface area (Å²) in [5.74, 6) is 0.820. The minimum absolute atomic E-state index is 0.390. The molecular formula is C23H21N3O2S. The highest BCUT2D eigenvalue weighted by Gasteiger charge is 2.07. The Bertz CT molecular complexity index is 999. The molecule has 0 aliphatic rings. The number of benzene rings is 3. The predicted molar refractivity (Wildman–Crippen MR) is 120 cm³/mol. The third kappa shape index (κ3) is 6.62. The summed E-state index contributed by atoms with van der Waals surface area (Å²) < 4.78 is 5.38. The highest BCUT2D eigenvalue weighted by molar-refractivity contribution is 8.13. The van der Waals surface area contributed by atoms with Crippen molar-refractivity contribution in [2.75, 3.05) is 0 Å². The van der Waals surface area contributed by atoms with Crippen molar-refractivity contribution in [1.29, 1.82) is 0 Å². The zero-order valence-electron chi connectivity index (χ0n) is 16.0. The molecule has 0 amide bonds. The first-order valence-electron chi connectivity index (χ1n) is 9.02. The fourth-order valence-electron chi connectivity index (χ4n) is 2.39. The molecule has 0 saturated heterocycles. The SMILES string of the molecule is Cc1ccc(C(=O)Oc2ccc(C=NN=C(N)SCc3ccccc3)cc2)cc1. The third-order valence-electron chi connectivity index (χ3n) is 3.97. The molecule has 3 rings (SSSR count). The molecule has 29 heavy (non-hydrogen) atoms. The average molecular weight is 404 g/mol. The number of nitrogens with zero attached hydrogens (tertiary/aromatic N) is 2. The maximum Gasteiger partial charge on any atom is 0.343 e. The Balaban J connectivity index is 1.51. The molecule has 0 saturated carbocycles. The summed E-state index contributed by atoms with van der Waals surface area (Å²) in [4.78, 5) is 12.1. The summed E-state index contributed by atoms with van der Waals surface area (Å²) in [5, 5.41) is 8.40. The fraction of sp³-hybridized carbons (Fsp3) is 0.0870. The fourth-order valence-corrected chi connectivity index (χ4v) is 3.00. The Kier molecular flexibility index (Phi) is 7.19. The minimum Gasteiger partial charge on any atom is -0.423 e. The molecule has 0 aromatic heterocycles. The summed E-state index contributed by atoms with van der Waals surface area (Å²) in [6.07, 6.45) is 1.60. The number of ether oxygens (including phenoxy) is 1. The van der Waals surface area contributed by atoms with Crippen molar-refractivity contribution in [3.63, 3.8) is 0 Å². The van der Waals surface area contributed by atoms with E-state index in [0.717, 1.165) is 16.9 Å². The predicted octanol–water partition coefficient (Wildman–Crippen LogP) is 4.80. The van der Waals surface area contributed by atoms with E-state index < -0.39 is 0 Å². The van der Waals surface area contributed by atoms with Gasteiger partial charge in [0.15, 0.2) is 5.17 Å². The zero-order chi connectivity index (χ0) is 20.5. The van der Waals surface area contributed by atoms with E-state index in [4.69, 9.17) is 10.5 Å². The number of rotatable bonds is 6. The monoisotopic (exact) mass is 403 g/mol. The van der Waals surface area contributed by atoms with E-state index in [-0.39, 0.29) is 5.97 Å². The van der Waals surface area contributed by atoms with Gasteiger partial charge in [0.25, 0.3) is 0 Å². The first-order chi connectivity index (χ1) is 14.1. The normalized spacial score (nSPS) is 11.6. The molecule has 0 fully saturated rings. The lowest BCUT2D eigenvalue weighted by Gasteiger charge is -2.04. The topological polar surface area (TPSA) is 77.0 Å². The molecular weight excluding hydrogens is 382 g/mol. The van der Waals surface area contributed by atoms with Crippen LogP contribution in [0.3, 0.4) is 0 Å². The maximum absolute atomic E-state index is 12.1. The molecule has 0 radical (unpaired) electrons. The Morgan fingerprint density at radius 3 is 2.38 bits per heavy atom. The van der Waals surface area contributed by atoms with Gasteiger partial charge in [0.2, 0.25) is 0 Å². The number of esters is 1. The van der Waals surface area contributed by atoms with Crippen LogP contribution < -0.4 is 10.5 Å². The van der Waals surface area contributed by atoms with Crippen LogP contribution in [-0.2, 0) is 5.75 Å². The lowest BCUT2D eigenvalue weighted by atomic mass is 10.1. The van der Waals surface area contributed by atoms with Crippen molar-refractivity contribution in [1.82, 2.24) is 0 Å². The van der Waals surface area contributed by atoms with E-state index >= 15 is 0 Å². The van der Waals surface area contributed by atoms with Crippen LogP contribution in [0.5, 0.6) is 5.75 Å². The van der Waals surface area contributed by atoms with E-state index in [1.54, 1.807) is 42.6 Å². The largest absolute Gasteiger partial charge is 0.423 e. The van der Waals surface area contributed by atoms with Crippen LogP contribution in [0.15, 0.2) is 89.1 Å². The number of hydrogen-bond donors (Lipinski definition) is 1. The summed E-state index contributed by atoms with van der Waals surface area (Å²) >= 11 is 1.43. The number of carbonyl (C=O) groups is 1. The van der Waals surface area contributed by atoms with Crippen LogP contribution in [-0.4, -0.2) is 17.4 Å². The Labute approximate surface area is 174 Å². The van der Waals surface area contributed by atoms with E-state index in [0.29, 0.717) is 16.5 Å². The van der Waals surface area contributed by atoms with Gasteiger partial charge in [-0.05, 0) is 54.4 Å². The number of nitrogens with two attached hydrogens (primary N) is 1. The van der Waals surface area contributed by atoms with Crippen LogP contribution in [0.2, 0.25) is 0 Å².